The van der Waals surface area contributed by atoms with Gasteiger partial charge in [-0.15, -0.1) is 0 Å². The minimum absolute atomic E-state index is 0.136. The van der Waals surface area contributed by atoms with E-state index in [1.54, 1.807) is 4.90 Å². The van der Waals surface area contributed by atoms with Crippen LogP contribution in [0.4, 0.5) is 4.39 Å². The van der Waals surface area contributed by atoms with Crippen molar-refractivity contribution < 1.29 is 27.5 Å². The van der Waals surface area contributed by atoms with Gasteiger partial charge in [0.15, 0.2) is 0 Å². The molecule has 3 atom stereocenters. The van der Waals surface area contributed by atoms with E-state index < -0.39 is 39.7 Å². The molecular formula is C18H21FN2O5S. The minimum Gasteiger partial charge on any atom is -0.481 e. The Morgan fingerprint density at radius 1 is 1.15 bits per heavy atom. The Balaban J connectivity index is 1.62. The summed E-state index contributed by atoms with van der Waals surface area (Å²) in [5, 5.41) is 9.31. The molecule has 3 aliphatic heterocycles. The number of amides is 1. The van der Waals surface area contributed by atoms with Crippen LogP contribution in [0.3, 0.4) is 0 Å². The van der Waals surface area contributed by atoms with Crippen LogP contribution in [-0.2, 0) is 14.8 Å². The SMILES string of the molecule is O=C(O)C1CC2CCC1N2S(=O)(=O)c1ccc(C(=O)N2CCCC2)c(F)c1. The molecule has 1 aromatic carbocycles. The zero-order chi connectivity index (χ0) is 19.3. The van der Waals surface area contributed by atoms with Crippen molar-refractivity contribution in [3.8, 4) is 0 Å². The van der Waals surface area contributed by atoms with Gasteiger partial charge in [-0.3, -0.25) is 9.59 Å². The molecule has 3 unspecified atom stereocenters. The van der Waals surface area contributed by atoms with Gasteiger partial charge in [0.05, 0.1) is 16.4 Å². The Morgan fingerprint density at radius 3 is 2.44 bits per heavy atom. The van der Waals surface area contributed by atoms with Gasteiger partial charge in [0.1, 0.15) is 5.82 Å². The predicted octanol–water partition coefficient (Wildman–Crippen LogP) is 1.69. The number of halogens is 1. The highest BCUT2D eigenvalue weighted by Crippen LogP contribution is 2.45. The van der Waals surface area contributed by atoms with Crippen LogP contribution in [0.15, 0.2) is 23.1 Å². The highest BCUT2D eigenvalue weighted by molar-refractivity contribution is 7.89. The number of hydrogen-bond donors (Lipinski definition) is 1. The van der Waals surface area contributed by atoms with Crippen LogP contribution in [0.5, 0.6) is 0 Å². The largest absolute Gasteiger partial charge is 0.481 e. The zero-order valence-electron chi connectivity index (χ0n) is 14.7. The van der Waals surface area contributed by atoms with Crippen LogP contribution in [0.1, 0.15) is 42.5 Å². The van der Waals surface area contributed by atoms with Crippen molar-refractivity contribution in [3.63, 3.8) is 0 Å². The van der Waals surface area contributed by atoms with Gasteiger partial charge in [-0.25, -0.2) is 12.8 Å². The maximum Gasteiger partial charge on any atom is 0.308 e. The second-order valence-corrected chi connectivity index (χ2v) is 9.30. The molecule has 0 saturated carbocycles. The van der Waals surface area contributed by atoms with Crippen LogP contribution in [0.2, 0.25) is 0 Å². The Hall–Kier alpha value is -2.00. The lowest BCUT2D eigenvalue weighted by molar-refractivity contribution is -0.142. The summed E-state index contributed by atoms with van der Waals surface area (Å²) in [5.74, 6) is -3.02. The molecule has 9 heteroatoms. The quantitative estimate of drug-likeness (QED) is 0.836. The summed E-state index contributed by atoms with van der Waals surface area (Å²) >= 11 is 0. The third kappa shape index (κ3) is 2.93. The standard InChI is InChI=1S/C18H21FN2O5S/c19-15-10-12(4-5-13(15)17(22)20-7-1-2-8-20)27(25,26)21-11-3-6-16(21)14(9-11)18(23)24/h4-5,10-11,14,16H,1-3,6-9H2,(H,23,24). The number of hydrogen-bond acceptors (Lipinski definition) is 4. The Morgan fingerprint density at radius 2 is 1.85 bits per heavy atom. The monoisotopic (exact) mass is 396 g/mol. The van der Waals surface area contributed by atoms with E-state index >= 15 is 0 Å². The molecule has 4 rings (SSSR count). The molecule has 0 aliphatic carbocycles. The summed E-state index contributed by atoms with van der Waals surface area (Å²) in [7, 11) is -4.02. The van der Waals surface area contributed by atoms with Crippen molar-refractivity contribution in [1.29, 1.82) is 0 Å². The summed E-state index contributed by atoms with van der Waals surface area (Å²) in [5.41, 5.74) is -0.136. The first kappa shape index (κ1) is 18.4. The van der Waals surface area contributed by atoms with Gasteiger partial charge in [-0.1, -0.05) is 0 Å². The number of likely N-dealkylation sites (tertiary alicyclic amines) is 1. The average Bonchev–Trinajstić information content (AvgIpc) is 3.36. The van der Waals surface area contributed by atoms with Gasteiger partial charge in [0.25, 0.3) is 5.91 Å². The van der Waals surface area contributed by atoms with Crippen molar-refractivity contribution in [1.82, 2.24) is 9.21 Å². The molecule has 27 heavy (non-hydrogen) atoms. The number of rotatable bonds is 4. The predicted molar refractivity (Wildman–Crippen MR) is 93.1 cm³/mol. The van der Waals surface area contributed by atoms with Gasteiger partial charge in [-0.05, 0) is 50.3 Å². The van der Waals surface area contributed by atoms with Crippen LogP contribution in [0.25, 0.3) is 0 Å². The molecule has 146 valence electrons. The van der Waals surface area contributed by atoms with E-state index in [9.17, 15) is 27.5 Å². The summed E-state index contributed by atoms with van der Waals surface area (Å²) in [6, 6.07) is 2.39. The van der Waals surface area contributed by atoms with Crippen LogP contribution < -0.4 is 0 Å². The topological polar surface area (TPSA) is 95.0 Å². The smallest absolute Gasteiger partial charge is 0.308 e. The molecule has 7 nitrogen and oxygen atoms in total. The molecule has 2 bridgehead atoms. The van der Waals surface area contributed by atoms with Gasteiger partial charge in [0, 0.05) is 25.2 Å². The third-order valence-corrected chi connectivity index (χ3v) is 7.90. The van der Waals surface area contributed by atoms with Crippen LogP contribution >= 0.6 is 0 Å². The normalized spacial score (nSPS) is 28.0. The highest BCUT2D eigenvalue weighted by atomic mass is 32.2. The van der Waals surface area contributed by atoms with E-state index in [-0.39, 0.29) is 22.9 Å². The van der Waals surface area contributed by atoms with Gasteiger partial charge >= 0.3 is 5.97 Å². The van der Waals surface area contributed by atoms with E-state index in [4.69, 9.17) is 0 Å². The molecule has 3 saturated heterocycles. The van der Waals surface area contributed by atoms with Gasteiger partial charge in [0.2, 0.25) is 10.0 Å². The molecule has 3 heterocycles. The van der Waals surface area contributed by atoms with E-state index in [0.717, 1.165) is 18.9 Å². The number of carbonyl (C=O) groups excluding carboxylic acids is 1. The molecular weight excluding hydrogens is 375 g/mol. The summed E-state index contributed by atoms with van der Waals surface area (Å²) in [6.45, 7) is 1.15. The summed E-state index contributed by atoms with van der Waals surface area (Å²) in [4.78, 5) is 25.1. The molecule has 3 aliphatic rings. The van der Waals surface area contributed by atoms with Crippen molar-refractivity contribution in [2.24, 2.45) is 5.92 Å². The molecule has 0 spiro atoms. The van der Waals surface area contributed by atoms with Crippen molar-refractivity contribution in [3.05, 3.63) is 29.6 Å². The molecule has 3 fully saturated rings. The molecule has 0 aromatic heterocycles. The lowest BCUT2D eigenvalue weighted by Crippen LogP contribution is -2.38. The first-order valence-corrected chi connectivity index (χ1v) is 10.6. The van der Waals surface area contributed by atoms with E-state index in [1.165, 1.54) is 16.4 Å². The molecule has 1 amide bonds. The number of carboxylic acid groups (broad SMARTS) is 1. The molecule has 0 radical (unpaired) electrons. The number of carboxylic acids is 1. The van der Waals surface area contributed by atoms with Crippen LogP contribution in [0, 0.1) is 11.7 Å². The zero-order valence-corrected chi connectivity index (χ0v) is 15.5. The number of nitrogens with zero attached hydrogens (tertiary/aromatic N) is 2. The van der Waals surface area contributed by atoms with Crippen molar-refractivity contribution in [2.75, 3.05) is 13.1 Å². The fourth-order valence-electron chi connectivity index (χ4n) is 4.62. The number of carbonyl (C=O) groups is 2. The lowest BCUT2D eigenvalue weighted by Gasteiger charge is -2.23. The minimum atomic E-state index is -4.02. The first-order valence-electron chi connectivity index (χ1n) is 9.16. The Bertz CT molecular complexity index is 897. The fourth-order valence-corrected chi connectivity index (χ4v) is 6.55. The van der Waals surface area contributed by atoms with Gasteiger partial charge in [-0.2, -0.15) is 4.31 Å². The number of sulfonamides is 1. The van der Waals surface area contributed by atoms with E-state index in [2.05, 4.69) is 0 Å². The van der Waals surface area contributed by atoms with E-state index in [0.29, 0.717) is 25.9 Å². The number of benzene rings is 1. The molecule has 1 N–H and O–H groups in total. The first-order chi connectivity index (χ1) is 12.8. The van der Waals surface area contributed by atoms with Crippen molar-refractivity contribution in [2.45, 2.75) is 49.1 Å². The number of aliphatic carboxylic acids is 1. The maximum atomic E-state index is 14.6. The van der Waals surface area contributed by atoms with Crippen molar-refractivity contribution >= 4 is 21.9 Å². The summed E-state index contributed by atoms with van der Waals surface area (Å²) < 4.78 is 41.8. The average molecular weight is 396 g/mol. The highest BCUT2D eigenvalue weighted by Gasteiger charge is 2.54. The second-order valence-electron chi connectivity index (χ2n) is 7.45. The van der Waals surface area contributed by atoms with Gasteiger partial charge < -0.3 is 10.0 Å². The Kier molecular flexibility index (Phi) is 4.46. The third-order valence-electron chi connectivity index (χ3n) is 5.93. The van der Waals surface area contributed by atoms with E-state index in [1.807, 2.05) is 0 Å². The summed E-state index contributed by atoms with van der Waals surface area (Å²) in [6.07, 6.45) is 3.15. The fraction of sp³-hybridized carbons (Fsp3) is 0.556. The second kappa shape index (κ2) is 6.56. The maximum absolute atomic E-state index is 14.6. The Labute approximate surface area is 156 Å². The van der Waals surface area contributed by atoms with Crippen LogP contribution in [-0.4, -0.2) is 59.8 Å². The lowest BCUT2D eigenvalue weighted by atomic mass is 9.89. The number of fused-ring (bicyclic) bond motifs is 2. The molecule has 1 aromatic rings.